The minimum Gasteiger partial charge on any atom is -0.294 e. The third-order valence-corrected chi connectivity index (χ3v) is 4.21. The van der Waals surface area contributed by atoms with Crippen molar-refractivity contribution in [3.05, 3.63) is 64.2 Å². The molecule has 0 saturated carbocycles. The molecule has 1 heterocycles. The molecule has 0 unspecified atom stereocenters. The van der Waals surface area contributed by atoms with Gasteiger partial charge in [-0.15, -0.1) is 0 Å². The molecule has 0 spiro atoms. The molecule has 1 aliphatic heterocycles. The zero-order chi connectivity index (χ0) is 20.1. The van der Waals surface area contributed by atoms with E-state index < -0.39 is 51.9 Å². The summed E-state index contributed by atoms with van der Waals surface area (Å²) in [5.74, 6) is -3.23. The second kappa shape index (κ2) is 6.15. The van der Waals surface area contributed by atoms with Gasteiger partial charge in [0.05, 0.1) is 22.4 Å². The number of Topliss-reactive ketones (excluding diaryl/α,β-unsaturated/α-hetero) is 2. The highest BCUT2D eigenvalue weighted by Gasteiger charge is 2.41. The van der Waals surface area contributed by atoms with Crippen molar-refractivity contribution in [3.63, 3.8) is 0 Å². The van der Waals surface area contributed by atoms with E-state index in [1.165, 1.54) is 24.3 Å². The number of rotatable bonds is 3. The van der Waals surface area contributed by atoms with Crippen LogP contribution in [0.3, 0.4) is 0 Å². The Bertz CT molecular complexity index is 954. The van der Waals surface area contributed by atoms with Gasteiger partial charge in [0.2, 0.25) is 0 Å². The van der Waals surface area contributed by atoms with Gasteiger partial charge in [-0.05, 0) is 38.1 Å². The largest absolute Gasteiger partial charge is 0.416 e. The van der Waals surface area contributed by atoms with E-state index in [-0.39, 0.29) is 11.1 Å². The summed E-state index contributed by atoms with van der Waals surface area (Å²) in [4.78, 5) is 50.1. The Morgan fingerprint density at radius 3 is 1.59 bits per heavy atom. The molecule has 3 rings (SSSR count). The van der Waals surface area contributed by atoms with Gasteiger partial charge < -0.3 is 0 Å². The molecule has 0 atom stereocenters. The van der Waals surface area contributed by atoms with Crippen molar-refractivity contribution in [1.82, 2.24) is 0 Å². The summed E-state index contributed by atoms with van der Waals surface area (Å²) in [6.45, 7) is 2.00. The maximum atomic E-state index is 13.2. The number of ketones is 2. The number of carbonyl (C=O) groups is 4. The standard InChI is InChI=1S/C19H12F3NO4/c1-9(24)14-7-11(19(20,21)22)8-15(10(2)25)16(14)23-17(26)12-5-3-4-6-13(12)18(23)27/h3-8H,1-2H3. The number of imide groups is 1. The first kappa shape index (κ1) is 18.5. The molecule has 2 aromatic carbocycles. The summed E-state index contributed by atoms with van der Waals surface area (Å²) in [5, 5.41) is 0. The Balaban J connectivity index is 2.33. The van der Waals surface area contributed by atoms with Gasteiger partial charge in [0.1, 0.15) is 0 Å². The smallest absolute Gasteiger partial charge is 0.294 e. The summed E-state index contributed by atoms with van der Waals surface area (Å²) in [5.41, 5.74) is -2.58. The lowest BCUT2D eigenvalue weighted by Crippen LogP contribution is -2.32. The van der Waals surface area contributed by atoms with Gasteiger partial charge in [0.15, 0.2) is 11.6 Å². The Kier molecular flexibility index (Phi) is 4.22. The van der Waals surface area contributed by atoms with E-state index in [1.54, 1.807) is 0 Å². The quantitative estimate of drug-likeness (QED) is 0.602. The molecular weight excluding hydrogens is 363 g/mol. The second-order valence-corrected chi connectivity index (χ2v) is 6.02. The lowest BCUT2D eigenvalue weighted by atomic mass is 9.96. The van der Waals surface area contributed by atoms with Crippen LogP contribution in [0.4, 0.5) is 18.9 Å². The average Bonchev–Trinajstić information content (AvgIpc) is 2.84. The lowest BCUT2D eigenvalue weighted by Gasteiger charge is -2.22. The Labute approximate surface area is 151 Å². The molecule has 0 aromatic heterocycles. The number of fused-ring (bicyclic) bond motifs is 1. The fraction of sp³-hybridized carbons (Fsp3) is 0.158. The van der Waals surface area contributed by atoms with E-state index >= 15 is 0 Å². The van der Waals surface area contributed by atoms with Crippen LogP contribution in [0.15, 0.2) is 36.4 Å². The van der Waals surface area contributed by atoms with Crippen LogP contribution in [0.1, 0.15) is 60.8 Å². The van der Waals surface area contributed by atoms with Gasteiger partial charge in [-0.1, -0.05) is 12.1 Å². The van der Waals surface area contributed by atoms with E-state index in [4.69, 9.17) is 0 Å². The van der Waals surface area contributed by atoms with Crippen LogP contribution in [0.25, 0.3) is 0 Å². The van der Waals surface area contributed by atoms with E-state index in [1.807, 2.05) is 0 Å². The van der Waals surface area contributed by atoms with E-state index in [9.17, 15) is 32.3 Å². The van der Waals surface area contributed by atoms with Crippen molar-refractivity contribution in [1.29, 1.82) is 0 Å². The fourth-order valence-electron chi connectivity index (χ4n) is 2.97. The average molecular weight is 375 g/mol. The second-order valence-electron chi connectivity index (χ2n) is 6.02. The normalized spacial score (nSPS) is 13.7. The van der Waals surface area contributed by atoms with Crippen molar-refractivity contribution in [2.24, 2.45) is 0 Å². The summed E-state index contributed by atoms with van der Waals surface area (Å²) in [6, 6.07) is 6.93. The Morgan fingerprint density at radius 2 is 1.26 bits per heavy atom. The summed E-state index contributed by atoms with van der Waals surface area (Å²) >= 11 is 0. The summed E-state index contributed by atoms with van der Waals surface area (Å²) in [7, 11) is 0. The van der Waals surface area contributed by atoms with Gasteiger partial charge in [0.25, 0.3) is 11.8 Å². The van der Waals surface area contributed by atoms with E-state index in [0.29, 0.717) is 17.0 Å². The van der Waals surface area contributed by atoms with Crippen molar-refractivity contribution in [2.75, 3.05) is 4.90 Å². The van der Waals surface area contributed by atoms with Gasteiger partial charge in [-0.2, -0.15) is 13.2 Å². The zero-order valence-corrected chi connectivity index (χ0v) is 14.2. The van der Waals surface area contributed by atoms with E-state index in [2.05, 4.69) is 0 Å². The minimum absolute atomic E-state index is 0.0476. The fourth-order valence-corrected chi connectivity index (χ4v) is 2.97. The molecule has 0 radical (unpaired) electrons. The minimum atomic E-state index is -4.81. The molecular formula is C19H12F3NO4. The lowest BCUT2D eigenvalue weighted by molar-refractivity contribution is -0.137. The predicted molar refractivity (Wildman–Crippen MR) is 89.0 cm³/mol. The predicted octanol–water partition coefficient (Wildman–Crippen LogP) is 3.91. The first-order valence-corrected chi connectivity index (χ1v) is 7.79. The molecule has 5 nitrogen and oxygen atoms in total. The number of halogens is 3. The number of amides is 2. The van der Waals surface area contributed by atoms with Crippen LogP contribution in [0.2, 0.25) is 0 Å². The van der Waals surface area contributed by atoms with Crippen LogP contribution in [-0.2, 0) is 6.18 Å². The number of benzene rings is 2. The SMILES string of the molecule is CC(=O)c1cc(C(F)(F)F)cc(C(C)=O)c1N1C(=O)c2ccccc2C1=O. The monoisotopic (exact) mass is 375 g/mol. The van der Waals surface area contributed by atoms with Gasteiger partial charge >= 0.3 is 6.18 Å². The summed E-state index contributed by atoms with van der Waals surface area (Å²) < 4.78 is 39.5. The number of nitrogens with zero attached hydrogens (tertiary/aromatic N) is 1. The highest BCUT2D eigenvalue weighted by atomic mass is 19.4. The molecule has 0 bridgehead atoms. The topological polar surface area (TPSA) is 71.5 Å². The molecule has 1 aliphatic rings. The Hall–Kier alpha value is -3.29. The van der Waals surface area contributed by atoms with Crippen molar-refractivity contribution in [3.8, 4) is 0 Å². The highest BCUT2D eigenvalue weighted by molar-refractivity contribution is 6.36. The molecule has 27 heavy (non-hydrogen) atoms. The number of alkyl halides is 3. The number of carbonyl (C=O) groups excluding carboxylic acids is 4. The highest BCUT2D eigenvalue weighted by Crippen LogP contribution is 2.39. The summed E-state index contributed by atoms with van der Waals surface area (Å²) in [6.07, 6.45) is -4.81. The third kappa shape index (κ3) is 2.92. The molecule has 2 amide bonds. The molecule has 2 aromatic rings. The molecule has 8 heteroatoms. The van der Waals surface area contributed by atoms with Crippen molar-refractivity contribution < 1.29 is 32.3 Å². The van der Waals surface area contributed by atoms with Crippen molar-refractivity contribution >= 4 is 29.1 Å². The molecule has 0 N–H and O–H groups in total. The number of hydrogen-bond acceptors (Lipinski definition) is 4. The first-order valence-electron chi connectivity index (χ1n) is 7.79. The number of hydrogen-bond donors (Lipinski definition) is 0. The van der Waals surface area contributed by atoms with E-state index in [0.717, 1.165) is 13.8 Å². The molecule has 0 fully saturated rings. The zero-order valence-electron chi connectivity index (χ0n) is 14.2. The first-order chi connectivity index (χ1) is 12.5. The maximum absolute atomic E-state index is 13.2. The molecule has 0 saturated heterocycles. The van der Waals surface area contributed by atoms with Crippen LogP contribution in [-0.4, -0.2) is 23.4 Å². The Morgan fingerprint density at radius 1 is 0.852 bits per heavy atom. The van der Waals surface area contributed by atoms with Gasteiger partial charge in [0, 0.05) is 11.1 Å². The third-order valence-electron chi connectivity index (χ3n) is 4.21. The maximum Gasteiger partial charge on any atom is 0.416 e. The van der Waals surface area contributed by atoms with Crippen LogP contribution in [0.5, 0.6) is 0 Å². The van der Waals surface area contributed by atoms with Gasteiger partial charge in [-0.3, -0.25) is 19.2 Å². The van der Waals surface area contributed by atoms with Crippen LogP contribution < -0.4 is 4.90 Å². The van der Waals surface area contributed by atoms with Crippen LogP contribution in [0, 0.1) is 0 Å². The van der Waals surface area contributed by atoms with Gasteiger partial charge in [-0.25, -0.2) is 4.90 Å². The van der Waals surface area contributed by atoms with Crippen LogP contribution >= 0.6 is 0 Å². The molecule has 138 valence electrons. The molecule has 0 aliphatic carbocycles. The van der Waals surface area contributed by atoms with Crippen molar-refractivity contribution in [2.45, 2.75) is 20.0 Å². The number of anilines is 1.